The highest BCUT2D eigenvalue weighted by Crippen LogP contribution is 1.96. The molecule has 0 saturated heterocycles. The zero-order valence-electron chi connectivity index (χ0n) is 9.83. The van der Waals surface area contributed by atoms with Crippen LogP contribution in [0.4, 0.5) is 0 Å². The van der Waals surface area contributed by atoms with Crippen LogP contribution in [0.5, 0.6) is 0 Å². The van der Waals surface area contributed by atoms with Crippen LogP contribution >= 0.6 is 12.6 Å². The van der Waals surface area contributed by atoms with Gasteiger partial charge in [-0.1, -0.05) is 0 Å². The SMILES string of the molecule is NCC(=O)N[C@@H](CC(=O)O)C(=O)N[C@@H](CS)C(=O)O. The standard InChI is InChI=1S/C9H15N3O6S/c10-2-6(13)11-4(1-7(14)15)8(16)12-5(3-19)9(17)18/h4-5,19H,1-3,10H2,(H,11,13)(H,12,16)(H,14,15)(H,17,18)/t4-,5-/m0/s1. The van der Waals surface area contributed by atoms with Crippen LogP contribution in [0.3, 0.4) is 0 Å². The van der Waals surface area contributed by atoms with E-state index in [0.717, 1.165) is 0 Å². The highest BCUT2D eigenvalue weighted by atomic mass is 32.1. The summed E-state index contributed by atoms with van der Waals surface area (Å²) in [6, 6.07) is -2.67. The minimum atomic E-state index is -1.39. The monoisotopic (exact) mass is 293 g/mol. The lowest BCUT2D eigenvalue weighted by Crippen LogP contribution is -2.53. The molecule has 0 aromatic rings. The van der Waals surface area contributed by atoms with Gasteiger partial charge in [-0.05, 0) is 0 Å². The summed E-state index contributed by atoms with van der Waals surface area (Å²) in [5, 5.41) is 21.5. The van der Waals surface area contributed by atoms with E-state index in [4.69, 9.17) is 15.9 Å². The summed E-state index contributed by atoms with van der Waals surface area (Å²) in [5.74, 6) is -4.46. The van der Waals surface area contributed by atoms with Gasteiger partial charge >= 0.3 is 11.9 Å². The van der Waals surface area contributed by atoms with Gasteiger partial charge in [0.25, 0.3) is 0 Å². The van der Waals surface area contributed by atoms with Crippen LogP contribution in [-0.2, 0) is 19.2 Å². The molecule has 10 heteroatoms. The average molecular weight is 293 g/mol. The lowest BCUT2D eigenvalue weighted by Gasteiger charge is -2.19. The molecule has 6 N–H and O–H groups in total. The first-order chi connectivity index (χ1) is 8.81. The van der Waals surface area contributed by atoms with Crippen molar-refractivity contribution >= 4 is 36.4 Å². The van der Waals surface area contributed by atoms with Crippen molar-refractivity contribution in [1.29, 1.82) is 0 Å². The van der Waals surface area contributed by atoms with Crippen molar-refractivity contribution in [3.63, 3.8) is 0 Å². The summed E-state index contributed by atoms with van der Waals surface area (Å²) in [5.41, 5.74) is 5.03. The second-order valence-electron chi connectivity index (χ2n) is 3.50. The number of hydrogen-bond donors (Lipinski definition) is 6. The van der Waals surface area contributed by atoms with E-state index in [9.17, 15) is 19.2 Å². The third-order valence-corrected chi connectivity index (χ3v) is 2.38. The van der Waals surface area contributed by atoms with Crippen LogP contribution in [-0.4, -0.2) is 58.3 Å². The minimum absolute atomic E-state index is 0.175. The zero-order chi connectivity index (χ0) is 15.0. The molecule has 0 aromatic carbocycles. The number of carboxylic acid groups (broad SMARTS) is 2. The molecule has 2 atom stereocenters. The van der Waals surface area contributed by atoms with Crippen LogP contribution in [0.1, 0.15) is 6.42 Å². The number of thiol groups is 1. The van der Waals surface area contributed by atoms with Gasteiger partial charge in [0.1, 0.15) is 12.1 Å². The van der Waals surface area contributed by atoms with Gasteiger partial charge < -0.3 is 26.6 Å². The maximum Gasteiger partial charge on any atom is 0.327 e. The molecule has 0 bridgehead atoms. The van der Waals surface area contributed by atoms with Gasteiger partial charge in [0, 0.05) is 5.75 Å². The van der Waals surface area contributed by atoms with Crippen molar-refractivity contribution in [2.45, 2.75) is 18.5 Å². The Hall–Kier alpha value is -1.81. The maximum absolute atomic E-state index is 11.7. The van der Waals surface area contributed by atoms with E-state index in [1.807, 2.05) is 0 Å². The fraction of sp³-hybridized carbons (Fsp3) is 0.556. The number of nitrogens with two attached hydrogens (primary N) is 1. The zero-order valence-corrected chi connectivity index (χ0v) is 10.7. The number of hydrogen-bond acceptors (Lipinski definition) is 6. The molecule has 0 unspecified atom stereocenters. The molecule has 0 rings (SSSR count). The third-order valence-electron chi connectivity index (χ3n) is 2.01. The predicted octanol–water partition coefficient (Wildman–Crippen LogP) is -2.60. The first-order valence-electron chi connectivity index (χ1n) is 5.17. The van der Waals surface area contributed by atoms with Crippen LogP contribution in [0, 0.1) is 0 Å². The molecule has 0 radical (unpaired) electrons. The Morgan fingerprint density at radius 1 is 1.11 bits per heavy atom. The molecule has 108 valence electrons. The summed E-state index contributed by atoms with van der Waals surface area (Å²) in [4.78, 5) is 44.0. The molecule has 9 nitrogen and oxygen atoms in total. The van der Waals surface area contributed by atoms with Crippen LogP contribution < -0.4 is 16.4 Å². The number of amides is 2. The highest BCUT2D eigenvalue weighted by Gasteiger charge is 2.27. The molecular formula is C9H15N3O6S. The van der Waals surface area contributed by atoms with E-state index in [1.54, 1.807) is 0 Å². The second-order valence-corrected chi connectivity index (χ2v) is 3.87. The van der Waals surface area contributed by atoms with Gasteiger partial charge in [-0.2, -0.15) is 12.6 Å². The molecule has 0 aliphatic carbocycles. The number of rotatable bonds is 8. The Labute approximate surface area is 113 Å². The normalized spacial score (nSPS) is 13.2. The number of carboxylic acids is 2. The Morgan fingerprint density at radius 2 is 1.68 bits per heavy atom. The van der Waals surface area contributed by atoms with Crippen molar-refractivity contribution in [1.82, 2.24) is 10.6 Å². The molecule has 0 spiro atoms. The van der Waals surface area contributed by atoms with E-state index in [-0.39, 0.29) is 5.75 Å². The molecule has 0 aromatic heterocycles. The van der Waals surface area contributed by atoms with Crippen molar-refractivity contribution < 1.29 is 29.4 Å². The molecule has 0 fully saturated rings. The van der Waals surface area contributed by atoms with E-state index >= 15 is 0 Å². The van der Waals surface area contributed by atoms with Gasteiger partial charge in [0.05, 0.1) is 13.0 Å². The quantitative estimate of drug-likeness (QED) is 0.268. The minimum Gasteiger partial charge on any atom is -0.481 e. The first kappa shape index (κ1) is 17.2. The van der Waals surface area contributed by atoms with Crippen molar-refractivity contribution in [2.75, 3.05) is 12.3 Å². The van der Waals surface area contributed by atoms with Crippen molar-refractivity contribution in [3.8, 4) is 0 Å². The van der Waals surface area contributed by atoms with E-state index in [2.05, 4.69) is 23.3 Å². The first-order valence-corrected chi connectivity index (χ1v) is 5.80. The molecule has 2 amide bonds. The topological polar surface area (TPSA) is 159 Å². The summed E-state index contributed by atoms with van der Waals surface area (Å²) in [7, 11) is 0. The number of carbonyl (C=O) groups excluding carboxylic acids is 2. The molecular weight excluding hydrogens is 278 g/mol. The summed E-state index contributed by atoms with van der Waals surface area (Å²) < 4.78 is 0. The van der Waals surface area contributed by atoms with E-state index < -0.39 is 48.8 Å². The maximum atomic E-state index is 11.7. The predicted molar refractivity (Wildman–Crippen MR) is 66.7 cm³/mol. The number of aliphatic carboxylic acids is 2. The Bertz CT molecular complexity index is 375. The van der Waals surface area contributed by atoms with E-state index in [0.29, 0.717) is 0 Å². The highest BCUT2D eigenvalue weighted by molar-refractivity contribution is 7.80. The fourth-order valence-corrected chi connectivity index (χ4v) is 1.34. The van der Waals surface area contributed by atoms with Gasteiger partial charge in [0.15, 0.2) is 0 Å². The Morgan fingerprint density at radius 3 is 2.05 bits per heavy atom. The van der Waals surface area contributed by atoms with Crippen LogP contribution in [0.25, 0.3) is 0 Å². The van der Waals surface area contributed by atoms with Crippen LogP contribution in [0.15, 0.2) is 0 Å². The summed E-state index contributed by atoms with van der Waals surface area (Å²) >= 11 is 3.74. The molecule has 0 aliphatic rings. The second kappa shape index (κ2) is 8.32. The summed E-state index contributed by atoms with van der Waals surface area (Å²) in [6.07, 6.45) is -0.684. The molecule has 0 heterocycles. The lowest BCUT2D eigenvalue weighted by molar-refractivity contribution is -0.142. The third kappa shape index (κ3) is 6.62. The fourth-order valence-electron chi connectivity index (χ4n) is 1.09. The van der Waals surface area contributed by atoms with Gasteiger partial charge in [-0.3, -0.25) is 14.4 Å². The van der Waals surface area contributed by atoms with Crippen molar-refractivity contribution in [2.24, 2.45) is 5.73 Å². The van der Waals surface area contributed by atoms with E-state index in [1.165, 1.54) is 0 Å². The smallest absolute Gasteiger partial charge is 0.327 e. The van der Waals surface area contributed by atoms with Crippen LogP contribution in [0.2, 0.25) is 0 Å². The lowest BCUT2D eigenvalue weighted by atomic mass is 10.1. The largest absolute Gasteiger partial charge is 0.481 e. The van der Waals surface area contributed by atoms with Gasteiger partial charge in [-0.15, -0.1) is 0 Å². The number of carbonyl (C=O) groups is 4. The molecule has 0 saturated carbocycles. The van der Waals surface area contributed by atoms with Gasteiger partial charge in [-0.25, -0.2) is 4.79 Å². The Kier molecular flexibility index (Phi) is 7.53. The average Bonchev–Trinajstić information content (AvgIpc) is 2.33. The Balaban J connectivity index is 4.74. The molecule has 19 heavy (non-hydrogen) atoms. The summed E-state index contributed by atoms with van der Waals surface area (Å²) in [6.45, 7) is -0.418. The van der Waals surface area contributed by atoms with Gasteiger partial charge in [0.2, 0.25) is 11.8 Å². The molecule has 0 aliphatic heterocycles. The van der Waals surface area contributed by atoms with Crippen molar-refractivity contribution in [3.05, 3.63) is 0 Å². The number of nitrogens with one attached hydrogen (secondary N) is 2.